The second-order valence-corrected chi connectivity index (χ2v) is 5.02. The lowest BCUT2D eigenvalue weighted by Crippen LogP contribution is -1.82. The van der Waals surface area contributed by atoms with E-state index in [0.717, 1.165) is 18.0 Å². The number of hydrogen-bond donors (Lipinski definition) is 0. The molecule has 0 rings (SSSR count). The minimum atomic E-state index is 0.854. The minimum Gasteiger partial charge on any atom is -0.299 e. The van der Waals surface area contributed by atoms with Crippen molar-refractivity contribution in [2.24, 2.45) is 0 Å². The lowest BCUT2D eigenvalue weighted by Gasteiger charge is -2.00. The van der Waals surface area contributed by atoms with Crippen LogP contribution in [0.2, 0.25) is 0 Å². The maximum absolute atomic E-state index is 10.00. The Labute approximate surface area is 109 Å². The maximum Gasteiger partial charge on any atom is 0.142 e. The molecule has 1 nitrogen and oxygen atoms in total. The number of unbranched alkanes of at least 4 members (excludes halogenated alkanes) is 9. The Hall–Kier alpha value is -0.110. The first-order chi connectivity index (χ1) is 7.91. The number of aldehydes is 1. The van der Waals surface area contributed by atoms with E-state index in [1.54, 1.807) is 6.08 Å². The molecule has 0 fully saturated rings. The Balaban J connectivity index is 2.93. The van der Waals surface area contributed by atoms with Crippen molar-refractivity contribution in [3.05, 3.63) is 12.2 Å². The fraction of sp³-hybridized carbons (Fsp3) is 0.786. The van der Waals surface area contributed by atoms with Crippen molar-refractivity contribution >= 4 is 22.2 Å². The minimum absolute atomic E-state index is 0.854. The standard InChI is InChI=1S/C14H25BrO/c15-13-11-9-7-5-3-1-2-4-6-8-10-12-14-16/h10,12,14H,1-9,11,13H2/b12-10+. The molecule has 0 unspecified atom stereocenters. The van der Waals surface area contributed by atoms with Crippen LogP contribution in [-0.4, -0.2) is 11.6 Å². The summed E-state index contributed by atoms with van der Waals surface area (Å²) in [7, 11) is 0. The lowest BCUT2D eigenvalue weighted by molar-refractivity contribution is -0.104. The molecule has 0 aliphatic rings. The van der Waals surface area contributed by atoms with E-state index in [2.05, 4.69) is 15.9 Å². The number of alkyl halides is 1. The fourth-order valence-electron chi connectivity index (χ4n) is 1.75. The lowest BCUT2D eigenvalue weighted by atomic mass is 10.1. The first kappa shape index (κ1) is 15.9. The fourth-order valence-corrected chi connectivity index (χ4v) is 2.14. The third-order valence-corrected chi connectivity index (χ3v) is 3.28. The van der Waals surface area contributed by atoms with Gasteiger partial charge >= 0.3 is 0 Å². The molecule has 0 aliphatic carbocycles. The largest absolute Gasteiger partial charge is 0.299 e. The predicted molar refractivity (Wildman–Crippen MR) is 75.2 cm³/mol. The van der Waals surface area contributed by atoms with E-state index < -0.39 is 0 Å². The summed E-state index contributed by atoms with van der Waals surface area (Å²) in [5, 5.41) is 1.15. The Kier molecular flexibility index (Phi) is 14.8. The van der Waals surface area contributed by atoms with E-state index in [-0.39, 0.29) is 0 Å². The van der Waals surface area contributed by atoms with Crippen molar-refractivity contribution in [1.29, 1.82) is 0 Å². The van der Waals surface area contributed by atoms with Crippen molar-refractivity contribution in [3.63, 3.8) is 0 Å². The van der Waals surface area contributed by atoms with Gasteiger partial charge in [-0.25, -0.2) is 0 Å². The van der Waals surface area contributed by atoms with Gasteiger partial charge in [-0.3, -0.25) is 4.79 Å². The number of carbonyl (C=O) groups is 1. The molecule has 0 atom stereocenters. The van der Waals surface area contributed by atoms with Crippen molar-refractivity contribution < 1.29 is 4.79 Å². The quantitative estimate of drug-likeness (QED) is 0.213. The summed E-state index contributed by atoms with van der Waals surface area (Å²) < 4.78 is 0. The summed E-state index contributed by atoms with van der Waals surface area (Å²) >= 11 is 3.45. The average Bonchev–Trinajstić information content (AvgIpc) is 2.31. The predicted octanol–water partition coefficient (Wildman–Crippen LogP) is 5.04. The molecule has 0 heterocycles. The summed E-state index contributed by atoms with van der Waals surface area (Å²) in [4.78, 5) is 10.00. The molecular formula is C14H25BrO. The van der Waals surface area contributed by atoms with Crippen molar-refractivity contribution in [2.45, 2.75) is 64.2 Å². The van der Waals surface area contributed by atoms with Gasteiger partial charge in [-0.2, -0.15) is 0 Å². The van der Waals surface area contributed by atoms with E-state index in [9.17, 15) is 4.79 Å². The van der Waals surface area contributed by atoms with Crippen molar-refractivity contribution in [3.8, 4) is 0 Å². The van der Waals surface area contributed by atoms with Crippen LogP contribution in [0.5, 0.6) is 0 Å². The van der Waals surface area contributed by atoms with E-state index >= 15 is 0 Å². The van der Waals surface area contributed by atoms with Gasteiger partial charge in [0, 0.05) is 5.33 Å². The Morgan fingerprint density at radius 3 is 1.75 bits per heavy atom. The molecule has 0 radical (unpaired) electrons. The summed E-state index contributed by atoms with van der Waals surface area (Å²) in [6.07, 6.45) is 17.6. The molecule has 0 spiro atoms. The van der Waals surface area contributed by atoms with Crippen LogP contribution in [0.1, 0.15) is 64.2 Å². The van der Waals surface area contributed by atoms with Crippen LogP contribution >= 0.6 is 15.9 Å². The molecule has 0 bridgehead atoms. The van der Waals surface area contributed by atoms with Crippen LogP contribution in [0.4, 0.5) is 0 Å². The topological polar surface area (TPSA) is 17.1 Å². The first-order valence-electron chi connectivity index (χ1n) is 6.58. The zero-order valence-electron chi connectivity index (χ0n) is 10.3. The van der Waals surface area contributed by atoms with Gasteiger partial charge in [0.05, 0.1) is 0 Å². The highest BCUT2D eigenvalue weighted by Gasteiger charge is 1.91. The molecule has 0 aliphatic heterocycles. The molecule has 0 amide bonds. The second kappa shape index (κ2) is 14.9. The van der Waals surface area contributed by atoms with Crippen LogP contribution < -0.4 is 0 Å². The number of halogens is 1. The SMILES string of the molecule is O=C/C=C/CCCCCCCCCCCBr. The van der Waals surface area contributed by atoms with E-state index in [1.165, 1.54) is 57.8 Å². The van der Waals surface area contributed by atoms with E-state index in [4.69, 9.17) is 0 Å². The summed E-state index contributed by atoms with van der Waals surface area (Å²) in [6, 6.07) is 0. The zero-order chi connectivity index (χ0) is 11.9. The van der Waals surface area contributed by atoms with Crippen molar-refractivity contribution in [1.82, 2.24) is 0 Å². The molecule has 0 aromatic rings. The summed E-state index contributed by atoms with van der Waals surface area (Å²) in [6.45, 7) is 0. The highest BCUT2D eigenvalue weighted by atomic mass is 79.9. The molecule has 0 saturated heterocycles. The zero-order valence-corrected chi connectivity index (χ0v) is 11.9. The first-order valence-corrected chi connectivity index (χ1v) is 7.70. The van der Waals surface area contributed by atoms with Crippen molar-refractivity contribution in [2.75, 3.05) is 5.33 Å². The van der Waals surface area contributed by atoms with Crippen LogP contribution in [0.15, 0.2) is 12.2 Å². The normalized spacial score (nSPS) is 11.1. The number of hydrogen-bond acceptors (Lipinski definition) is 1. The van der Waals surface area contributed by atoms with Gasteiger partial charge < -0.3 is 0 Å². The number of rotatable bonds is 12. The highest BCUT2D eigenvalue weighted by Crippen LogP contribution is 2.11. The van der Waals surface area contributed by atoms with Gasteiger partial charge in [0.15, 0.2) is 0 Å². The molecule has 0 N–H and O–H groups in total. The van der Waals surface area contributed by atoms with Gasteiger partial charge in [0.2, 0.25) is 0 Å². The van der Waals surface area contributed by atoms with Crippen LogP contribution in [0.25, 0.3) is 0 Å². The summed E-state index contributed by atoms with van der Waals surface area (Å²) in [5.41, 5.74) is 0. The van der Waals surface area contributed by atoms with E-state index in [1.807, 2.05) is 6.08 Å². The summed E-state index contributed by atoms with van der Waals surface area (Å²) in [5.74, 6) is 0. The molecule has 16 heavy (non-hydrogen) atoms. The molecule has 2 heteroatoms. The maximum atomic E-state index is 10.00. The van der Waals surface area contributed by atoms with Gasteiger partial charge in [-0.15, -0.1) is 0 Å². The number of carbonyl (C=O) groups excluding carboxylic acids is 1. The van der Waals surface area contributed by atoms with Crippen LogP contribution in [0.3, 0.4) is 0 Å². The second-order valence-electron chi connectivity index (χ2n) is 4.22. The molecule has 94 valence electrons. The number of allylic oxidation sites excluding steroid dienone is 2. The molecular weight excluding hydrogens is 264 g/mol. The Morgan fingerprint density at radius 2 is 1.25 bits per heavy atom. The molecule has 0 aromatic carbocycles. The van der Waals surface area contributed by atoms with Crippen LogP contribution in [-0.2, 0) is 4.79 Å². The van der Waals surface area contributed by atoms with Gasteiger partial charge in [0.1, 0.15) is 6.29 Å². The molecule has 0 aromatic heterocycles. The average molecular weight is 289 g/mol. The Morgan fingerprint density at radius 1 is 0.750 bits per heavy atom. The third-order valence-electron chi connectivity index (χ3n) is 2.72. The van der Waals surface area contributed by atoms with Gasteiger partial charge in [-0.1, -0.05) is 67.0 Å². The monoisotopic (exact) mass is 288 g/mol. The van der Waals surface area contributed by atoms with Gasteiger partial charge in [0.25, 0.3) is 0 Å². The third kappa shape index (κ3) is 13.9. The highest BCUT2D eigenvalue weighted by molar-refractivity contribution is 9.09. The van der Waals surface area contributed by atoms with E-state index in [0.29, 0.717) is 0 Å². The smallest absolute Gasteiger partial charge is 0.142 e. The Bertz CT molecular complexity index is 166. The van der Waals surface area contributed by atoms with Crippen LogP contribution in [0, 0.1) is 0 Å². The molecule has 0 saturated carbocycles. The van der Waals surface area contributed by atoms with Gasteiger partial charge in [-0.05, 0) is 25.3 Å².